The summed E-state index contributed by atoms with van der Waals surface area (Å²) >= 11 is 0. The molecule has 1 aliphatic rings. The van der Waals surface area contributed by atoms with Gasteiger partial charge in [-0.25, -0.2) is 0 Å². The van der Waals surface area contributed by atoms with Crippen LogP contribution in [0, 0.1) is 0 Å². The predicted molar refractivity (Wildman–Crippen MR) is 235 cm³/mol. The topological polar surface area (TPSA) is 29.5 Å². The van der Waals surface area contributed by atoms with E-state index in [2.05, 4.69) is 190 Å². The highest BCUT2D eigenvalue weighted by atomic mass is 16.3. The van der Waals surface area contributed by atoms with E-state index >= 15 is 0 Å². The molecule has 0 atom stereocenters. The standard InChI is InChI=1S/C53H41NO2/c1-52(2)32-53(3,4)45-31-50-43(30-44(45)52)42-28-36(23-27-48(42)56-50)39-16-10-14-35-22-26-38(29-41(35)39)54(37-24-20-34(21-25-37)33-12-6-5-7-13-33)46-17-11-19-49-51(46)40-15-8-9-18-47(40)55-49/h5-31H,32H2,1-4H3. The Morgan fingerprint density at radius 2 is 1.07 bits per heavy atom. The quantitative estimate of drug-likeness (QED) is 0.177. The average molecular weight is 724 g/mol. The first-order valence-electron chi connectivity index (χ1n) is 19.6. The fourth-order valence-corrected chi connectivity index (χ4v) is 9.86. The van der Waals surface area contributed by atoms with Crippen molar-refractivity contribution < 1.29 is 8.83 Å². The van der Waals surface area contributed by atoms with Crippen molar-refractivity contribution in [2.45, 2.75) is 44.9 Å². The molecular weight excluding hydrogens is 683 g/mol. The second-order valence-electron chi connectivity index (χ2n) is 16.9. The van der Waals surface area contributed by atoms with Crippen LogP contribution in [-0.2, 0) is 10.8 Å². The van der Waals surface area contributed by atoms with E-state index in [-0.39, 0.29) is 10.8 Å². The highest BCUT2D eigenvalue weighted by molar-refractivity contribution is 6.14. The van der Waals surface area contributed by atoms with Crippen LogP contribution in [0.1, 0.15) is 45.2 Å². The maximum Gasteiger partial charge on any atom is 0.137 e. The lowest BCUT2D eigenvalue weighted by Gasteiger charge is -2.27. The van der Waals surface area contributed by atoms with Crippen molar-refractivity contribution in [3.05, 3.63) is 175 Å². The van der Waals surface area contributed by atoms with Crippen LogP contribution in [0.15, 0.2) is 173 Å². The molecule has 3 heteroatoms. The third-order valence-electron chi connectivity index (χ3n) is 12.2. The monoisotopic (exact) mass is 723 g/mol. The van der Waals surface area contributed by atoms with Crippen molar-refractivity contribution in [3.8, 4) is 22.3 Å². The van der Waals surface area contributed by atoms with Crippen molar-refractivity contribution in [2.75, 3.05) is 4.90 Å². The first kappa shape index (κ1) is 32.8. The van der Waals surface area contributed by atoms with Gasteiger partial charge in [0.25, 0.3) is 0 Å². The molecule has 0 aliphatic heterocycles. The summed E-state index contributed by atoms with van der Waals surface area (Å²) < 4.78 is 13.0. The first-order valence-corrected chi connectivity index (χ1v) is 19.6. The molecule has 2 heterocycles. The van der Waals surface area contributed by atoms with Crippen LogP contribution in [0.25, 0.3) is 76.9 Å². The molecule has 0 amide bonds. The molecule has 0 spiro atoms. The second-order valence-corrected chi connectivity index (χ2v) is 16.9. The van der Waals surface area contributed by atoms with Gasteiger partial charge in [0, 0.05) is 27.5 Å². The van der Waals surface area contributed by atoms with Gasteiger partial charge in [0.15, 0.2) is 0 Å². The molecule has 2 aromatic heterocycles. The van der Waals surface area contributed by atoms with Crippen LogP contribution in [0.4, 0.5) is 17.1 Å². The highest BCUT2D eigenvalue weighted by Crippen LogP contribution is 2.52. The highest BCUT2D eigenvalue weighted by Gasteiger charge is 2.42. The van der Waals surface area contributed by atoms with Crippen molar-refractivity contribution in [3.63, 3.8) is 0 Å². The summed E-state index contributed by atoms with van der Waals surface area (Å²) in [4.78, 5) is 2.38. The SMILES string of the molecule is CC1(C)CC(C)(C)c2cc3c(cc21)oc1ccc(-c2cccc4ccc(N(c5ccc(-c6ccccc6)cc5)c5cccc6oc7ccccc7c56)cc24)cc13. The van der Waals surface area contributed by atoms with Gasteiger partial charge in [0.05, 0.1) is 11.1 Å². The number of nitrogens with zero attached hydrogens (tertiary/aromatic N) is 1. The van der Waals surface area contributed by atoms with Gasteiger partial charge in [0.2, 0.25) is 0 Å². The number of benzene rings is 8. The van der Waals surface area contributed by atoms with Gasteiger partial charge in [0.1, 0.15) is 22.3 Å². The Morgan fingerprint density at radius 1 is 0.429 bits per heavy atom. The van der Waals surface area contributed by atoms with Crippen molar-refractivity contribution in [2.24, 2.45) is 0 Å². The molecule has 8 aromatic carbocycles. The van der Waals surface area contributed by atoms with Gasteiger partial charge in [-0.2, -0.15) is 0 Å². The molecule has 0 unspecified atom stereocenters. The summed E-state index contributed by atoms with van der Waals surface area (Å²) in [5, 5.41) is 6.93. The lowest BCUT2D eigenvalue weighted by atomic mass is 9.82. The van der Waals surface area contributed by atoms with E-state index in [1.165, 1.54) is 49.5 Å². The first-order chi connectivity index (χ1) is 27.2. The zero-order chi connectivity index (χ0) is 37.8. The van der Waals surface area contributed by atoms with E-state index in [4.69, 9.17) is 8.83 Å². The zero-order valence-corrected chi connectivity index (χ0v) is 32.1. The minimum atomic E-state index is 0.112. The molecule has 3 nitrogen and oxygen atoms in total. The third-order valence-corrected chi connectivity index (χ3v) is 12.2. The molecule has 56 heavy (non-hydrogen) atoms. The van der Waals surface area contributed by atoms with Gasteiger partial charge in [-0.05, 0) is 128 Å². The normalized spacial score (nSPS) is 14.6. The third kappa shape index (κ3) is 5.04. The molecule has 0 radical (unpaired) electrons. The van der Waals surface area contributed by atoms with E-state index in [1.54, 1.807) is 0 Å². The Balaban J connectivity index is 1.10. The lowest BCUT2D eigenvalue weighted by molar-refractivity contribution is 0.403. The van der Waals surface area contributed by atoms with Crippen molar-refractivity contribution in [1.82, 2.24) is 0 Å². The predicted octanol–water partition coefficient (Wildman–Crippen LogP) is 15.4. The molecule has 10 aromatic rings. The number of furan rings is 2. The maximum atomic E-state index is 6.55. The number of anilines is 3. The van der Waals surface area contributed by atoms with Crippen LogP contribution in [0.2, 0.25) is 0 Å². The molecule has 0 N–H and O–H groups in total. The Labute approximate surface area is 326 Å². The van der Waals surface area contributed by atoms with Crippen LogP contribution in [0.5, 0.6) is 0 Å². The van der Waals surface area contributed by atoms with E-state index in [1.807, 2.05) is 6.07 Å². The van der Waals surface area contributed by atoms with Crippen molar-refractivity contribution >= 4 is 71.7 Å². The number of fused-ring (bicyclic) bond motifs is 8. The Morgan fingerprint density at radius 3 is 1.91 bits per heavy atom. The van der Waals surface area contributed by atoms with E-state index in [0.717, 1.165) is 62.0 Å². The van der Waals surface area contributed by atoms with Crippen LogP contribution in [-0.4, -0.2) is 0 Å². The smallest absolute Gasteiger partial charge is 0.137 e. The number of para-hydroxylation sites is 1. The number of hydrogen-bond donors (Lipinski definition) is 0. The Bertz CT molecular complexity index is 3160. The van der Waals surface area contributed by atoms with Crippen LogP contribution in [0.3, 0.4) is 0 Å². The molecule has 11 rings (SSSR count). The summed E-state index contributed by atoms with van der Waals surface area (Å²) in [6, 6.07) is 59.1. The summed E-state index contributed by atoms with van der Waals surface area (Å²) in [5.41, 5.74) is 14.7. The number of hydrogen-bond acceptors (Lipinski definition) is 3. The molecule has 0 bridgehead atoms. The second kappa shape index (κ2) is 12.0. The summed E-state index contributed by atoms with van der Waals surface area (Å²) in [6.45, 7) is 9.48. The summed E-state index contributed by atoms with van der Waals surface area (Å²) in [5.74, 6) is 0. The lowest BCUT2D eigenvalue weighted by Crippen LogP contribution is -2.17. The Hall–Kier alpha value is -6.58. The van der Waals surface area contributed by atoms with Gasteiger partial charge in [-0.15, -0.1) is 0 Å². The number of rotatable bonds is 5. The van der Waals surface area contributed by atoms with Gasteiger partial charge in [-0.1, -0.05) is 125 Å². The molecular formula is C53H41NO2. The van der Waals surface area contributed by atoms with Gasteiger partial charge < -0.3 is 13.7 Å². The maximum absolute atomic E-state index is 6.55. The molecule has 0 fully saturated rings. The van der Waals surface area contributed by atoms with E-state index in [9.17, 15) is 0 Å². The Kier molecular flexibility index (Phi) is 7.01. The molecule has 0 saturated carbocycles. The van der Waals surface area contributed by atoms with Crippen LogP contribution < -0.4 is 4.90 Å². The van der Waals surface area contributed by atoms with Crippen LogP contribution >= 0.6 is 0 Å². The average Bonchev–Trinajstić information content (AvgIpc) is 3.84. The van der Waals surface area contributed by atoms with Crippen molar-refractivity contribution in [1.29, 1.82) is 0 Å². The zero-order valence-electron chi connectivity index (χ0n) is 32.1. The fraction of sp³-hybridized carbons (Fsp3) is 0.132. The van der Waals surface area contributed by atoms with E-state index in [0.29, 0.717) is 0 Å². The minimum absolute atomic E-state index is 0.112. The molecule has 0 saturated heterocycles. The van der Waals surface area contributed by atoms with Gasteiger partial charge >= 0.3 is 0 Å². The summed E-state index contributed by atoms with van der Waals surface area (Å²) in [7, 11) is 0. The summed E-state index contributed by atoms with van der Waals surface area (Å²) in [6.07, 6.45) is 1.13. The minimum Gasteiger partial charge on any atom is -0.456 e. The molecule has 1 aliphatic carbocycles. The van der Waals surface area contributed by atoms with E-state index < -0.39 is 0 Å². The fourth-order valence-electron chi connectivity index (χ4n) is 9.86. The largest absolute Gasteiger partial charge is 0.456 e. The van der Waals surface area contributed by atoms with Gasteiger partial charge in [-0.3, -0.25) is 0 Å². The molecule has 270 valence electrons.